The Morgan fingerprint density at radius 2 is 2.41 bits per heavy atom. The number of methoxy groups -OCH3 is 1. The number of carbonyl (C=O) groups excluding carboxylic acids is 1. The predicted octanol–water partition coefficient (Wildman–Crippen LogP) is 0.972. The zero-order valence-electron chi connectivity index (χ0n) is 10.1. The van der Waals surface area contributed by atoms with Gasteiger partial charge in [-0.05, 0) is 25.0 Å². The number of rotatable bonds is 2. The largest absolute Gasteiger partial charge is 0.469 e. The molecule has 1 aliphatic heterocycles. The van der Waals surface area contributed by atoms with Crippen LogP contribution in [0.4, 0.5) is 11.5 Å². The number of pyridine rings is 1. The number of hydrogen-bond acceptors (Lipinski definition) is 5. The quantitative estimate of drug-likeness (QED) is 0.774. The Morgan fingerprint density at radius 3 is 3.06 bits per heavy atom. The molecule has 5 nitrogen and oxygen atoms in total. The molecule has 0 saturated carbocycles. The van der Waals surface area contributed by atoms with E-state index in [9.17, 15) is 4.79 Å². The summed E-state index contributed by atoms with van der Waals surface area (Å²) in [6.45, 7) is 3.48. The number of aromatic nitrogens is 1. The standard InChI is InChI=1S/C12H17N3O2/c1-8-5-10(13)6-14-11(8)15-4-3-9(7-15)12(16)17-2/h5-6,9H,3-4,7,13H2,1-2H3. The molecule has 1 atom stereocenters. The minimum atomic E-state index is -0.138. The molecule has 0 spiro atoms. The van der Waals surface area contributed by atoms with Crippen molar-refractivity contribution in [3.05, 3.63) is 17.8 Å². The molecular formula is C12H17N3O2. The van der Waals surface area contributed by atoms with E-state index in [2.05, 4.69) is 9.88 Å². The number of hydrogen-bond donors (Lipinski definition) is 1. The van der Waals surface area contributed by atoms with Crippen LogP contribution >= 0.6 is 0 Å². The Labute approximate surface area is 101 Å². The number of ether oxygens (including phenoxy) is 1. The molecule has 2 rings (SSSR count). The van der Waals surface area contributed by atoms with E-state index in [0.29, 0.717) is 12.2 Å². The Morgan fingerprint density at radius 1 is 1.65 bits per heavy atom. The lowest BCUT2D eigenvalue weighted by Gasteiger charge is -2.19. The maximum absolute atomic E-state index is 11.4. The normalized spacial score (nSPS) is 19.4. The molecule has 92 valence electrons. The van der Waals surface area contributed by atoms with E-state index < -0.39 is 0 Å². The van der Waals surface area contributed by atoms with E-state index >= 15 is 0 Å². The van der Waals surface area contributed by atoms with Crippen LogP contribution in [0.1, 0.15) is 12.0 Å². The summed E-state index contributed by atoms with van der Waals surface area (Å²) in [5.74, 6) is 0.727. The van der Waals surface area contributed by atoms with Crippen LogP contribution < -0.4 is 10.6 Å². The second-order valence-electron chi connectivity index (χ2n) is 4.36. The number of carbonyl (C=O) groups is 1. The summed E-state index contributed by atoms with van der Waals surface area (Å²) in [5.41, 5.74) is 7.37. The zero-order valence-corrected chi connectivity index (χ0v) is 10.1. The fraction of sp³-hybridized carbons (Fsp3) is 0.500. The Balaban J connectivity index is 2.12. The van der Waals surface area contributed by atoms with Crippen LogP contribution in [0.5, 0.6) is 0 Å². The summed E-state index contributed by atoms with van der Waals surface area (Å²) in [5, 5.41) is 0. The van der Waals surface area contributed by atoms with E-state index in [1.165, 1.54) is 7.11 Å². The minimum Gasteiger partial charge on any atom is -0.469 e. The third kappa shape index (κ3) is 2.33. The summed E-state index contributed by atoms with van der Waals surface area (Å²) >= 11 is 0. The van der Waals surface area contributed by atoms with Gasteiger partial charge in [0.25, 0.3) is 0 Å². The number of anilines is 2. The third-order valence-corrected chi connectivity index (χ3v) is 3.09. The predicted molar refractivity (Wildman–Crippen MR) is 65.7 cm³/mol. The van der Waals surface area contributed by atoms with E-state index in [4.69, 9.17) is 10.5 Å². The van der Waals surface area contributed by atoms with Crippen molar-refractivity contribution in [2.75, 3.05) is 30.8 Å². The molecule has 2 N–H and O–H groups in total. The lowest BCUT2D eigenvalue weighted by Crippen LogP contribution is -2.25. The summed E-state index contributed by atoms with van der Waals surface area (Å²) in [4.78, 5) is 17.9. The first kappa shape index (κ1) is 11.7. The van der Waals surface area contributed by atoms with Crippen molar-refractivity contribution in [2.45, 2.75) is 13.3 Å². The van der Waals surface area contributed by atoms with Crippen LogP contribution in [0.15, 0.2) is 12.3 Å². The molecule has 0 amide bonds. The third-order valence-electron chi connectivity index (χ3n) is 3.09. The van der Waals surface area contributed by atoms with Crippen molar-refractivity contribution in [2.24, 2.45) is 5.92 Å². The van der Waals surface area contributed by atoms with E-state index in [0.717, 1.165) is 24.3 Å². The van der Waals surface area contributed by atoms with Gasteiger partial charge in [0.2, 0.25) is 0 Å². The lowest BCUT2D eigenvalue weighted by molar-refractivity contribution is -0.144. The first-order valence-corrected chi connectivity index (χ1v) is 5.66. The Kier molecular flexibility index (Phi) is 3.17. The second-order valence-corrected chi connectivity index (χ2v) is 4.36. The van der Waals surface area contributed by atoms with Crippen molar-refractivity contribution < 1.29 is 9.53 Å². The summed E-state index contributed by atoms with van der Waals surface area (Å²) < 4.78 is 4.76. The van der Waals surface area contributed by atoms with Gasteiger partial charge in [0.15, 0.2) is 0 Å². The highest BCUT2D eigenvalue weighted by atomic mass is 16.5. The van der Waals surface area contributed by atoms with Gasteiger partial charge in [0.05, 0.1) is 24.9 Å². The maximum Gasteiger partial charge on any atom is 0.310 e. The van der Waals surface area contributed by atoms with Gasteiger partial charge < -0.3 is 15.4 Å². The van der Waals surface area contributed by atoms with E-state index in [1.54, 1.807) is 6.20 Å². The molecule has 2 heterocycles. The smallest absolute Gasteiger partial charge is 0.310 e. The average molecular weight is 235 g/mol. The van der Waals surface area contributed by atoms with Gasteiger partial charge in [0, 0.05) is 13.1 Å². The van der Waals surface area contributed by atoms with Gasteiger partial charge in [-0.2, -0.15) is 0 Å². The van der Waals surface area contributed by atoms with Gasteiger partial charge in [-0.3, -0.25) is 4.79 Å². The number of nitrogens with zero attached hydrogens (tertiary/aromatic N) is 2. The topological polar surface area (TPSA) is 68.5 Å². The molecule has 0 aromatic carbocycles. The number of esters is 1. The first-order valence-electron chi connectivity index (χ1n) is 5.66. The summed E-state index contributed by atoms with van der Waals surface area (Å²) in [7, 11) is 1.43. The van der Waals surface area contributed by atoms with Crippen molar-refractivity contribution >= 4 is 17.5 Å². The van der Waals surface area contributed by atoms with Gasteiger partial charge in [-0.1, -0.05) is 0 Å². The van der Waals surface area contributed by atoms with E-state index in [-0.39, 0.29) is 11.9 Å². The van der Waals surface area contributed by atoms with Crippen LogP contribution in [0, 0.1) is 12.8 Å². The molecule has 1 aliphatic rings. The minimum absolute atomic E-state index is 0.0428. The summed E-state index contributed by atoms with van der Waals surface area (Å²) in [6, 6.07) is 1.90. The monoisotopic (exact) mass is 235 g/mol. The van der Waals surface area contributed by atoms with Crippen molar-refractivity contribution in [1.82, 2.24) is 4.98 Å². The van der Waals surface area contributed by atoms with Crippen LogP contribution in [-0.2, 0) is 9.53 Å². The molecule has 17 heavy (non-hydrogen) atoms. The first-order chi connectivity index (χ1) is 8.11. The van der Waals surface area contributed by atoms with Gasteiger partial charge in [-0.15, -0.1) is 0 Å². The molecule has 1 fully saturated rings. The van der Waals surface area contributed by atoms with Crippen molar-refractivity contribution in [3.8, 4) is 0 Å². The SMILES string of the molecule is COC(=O)C1CCN(c2ncc(N)cc2C)C1. The zero-order chi connectivity index (χ0) is 12.4. The average Bonchev–Trinajstić information content (AvgIpc) is 2.77. The highest BCUT2D eigenvalue weighted by Gasteiger charge is 2.30. The highest BCUT2D eigenvalue weighted by Crippen LogP contribution is 2.26. The lowest BCUT2D eigenvalue weighted by atomic mass is 10.1. The van der Waals surface area contributed by atoms with Crippen LogP contribution in [0.2, 0.25) is 0 Å². The molecule has 0 aliphatic carbocycles. The molecule has 1 unspecified atom stereocenters. The maximum atomic E-state index is 11.4. The molecular weight excluding hydrogens is 218 g/mol. The number of nitrogens with two attached hydrogens (primary N) is 1. The van der Waals surface area contributed by atoms with Crippen LogP contribution in [-0.4, -0.2) is 31.2 Å². The van der Waals surface area contributed by atoms with E-state index in [1.807, 2.05) is 13.0 Å². The van der Waals surface area contributed by atoms with Crippen LogP contribution in [0.3, 0.4) is 0 Å². The van der Waals surface area contributed by atoms with Crippen LogP contribution in [0.25, 0.3) is 0 Å². The van der Waals surface area contributed by atoms with Gasteiger partial charge in [0.1, 0.15) is 5.82 Å². The fourth-order valence-corrected chi connectivity index (χ4v) is 2.23. The fourth-order valence-electron chi connectivity index (χ4n) is 2.23. The molecule has 1 aromatic rings. The Hall–Kier alpha value is -1.78. The van der Waals surface area contributed by atoms with Gasteiger partial charge in [-0.25, -0.2) is 4.98 Å². The molecule has 0 bridgehead atoms. The molecule has 5 heteroatoms. The molecule has 1 saturated heterocycles. The highest BCUT2D eigenvalue weighted by molar-refractivity contribution is 5.74. The Bertz CT molecular complexity index is 434. The second kappa shape index (κ2) is 4.61. The number of nitrogen functional groups attached to an aromatic ring is 1. The molecule has 1 aromatic heterocycles. The molecule has 0 radical (unpaired) electrons. The number of aryl methyl sites for hydroxylation is 1. The van der Waals surface area contributed by atoms with Gasteiger partial charge >= 0.3 is 5.97 Å². The van der Waals surface area contributed by atoms with Crippen molar-refractivity contribution in [3.63, 3.8) is 0 Å². The summed E-state index contributed by atoms with van der Waals surface area (Å²) in [6.07, 6.45) is 2.46. The van der Waals surface area contributed by atoms with Crippen molar-refractivity contribution in [1.29, 1.82) is 0 Å².